The van der Waals surface area contributed by atoms with Crippen LogP contribution in [0, 0.1) is 0 Å². The van der Waals surface area contributed by atoms with Gasteiger partial charge in [-0.05, 0) is 42.5 Å². The van der Waals surface area contributed by atoms with Crippen LogP contribution in [-0.2, 0) is 0 Å². The maximum atomic E-state index is 6.08. The molecular formula is C16H15ClN2. The molecule has 1 aromatic heterocycles. The van der Waals surface area contributed by atoms with Crippen molar-refractivity contribution in [3.63, 3.8) is 0 Å². The molecule has 0 spiro atoms. The lowest BCUT2D eigenvalue weighted by atomic mass is 9.95. The SMILES string of the molecule is Clc1nc(C2=CC=CCC2)cc(C2C=CC=CC2)n1. The van der Waals surface area contributed by atoms with E-state index in [0.29, 0.717) is 11.2 Å². The third kappa shape index (κ3) is 2.85. The van der Waals surface area contributed by atoms with E-state index in [1.807, 2.05) is 0 Å². The smallest absolute Gasteiger partial charge is 0.222 e. The second-order valence-electron chi connectivity index (χ2n) is 4.76. The predicted octanol–water partition coefficient (Wildman–Crippen LogP) is 4.46. The molecule has 0 N–H and O–H groups in total. The van der Waals surface area contributed by atoms with Gasteiger partial charge in [-0.3, -0.25) is 0 Å². The lowest BCUT2D eigenvalue weighted by Crippen LogP contribution is -2.04. The first kappa shape index (κ1) is 12.4. The number of halogens is 1. The molecule has 0 aromatic carbocycles. The fraction of sp³-hybridized carbons (Fsp3) is 0.250. The number of rotatable bonds is 2. The molecule has 1 atom stereocenters. The van der Waals surface area contributed by atoms with E-state index in [-0.39, 0.29) is 0 Å². The van der Waals surface area contributed by atoms with Gasteiger partial charge in [0.05, 0.1) is 11.4 Å². The van der Waals surface area contributed by atoms with Crippen LogP contribution in [0.15, 0.2) is 48.6 Å². The first-order valence-corrected chi connectivity index (χ1v) is 6.94. The molecule has 0 amide bonds. The zero-order valence-corrected chi connectivity index (χ0v) is 11.3. The fourth-order valence-electron chi connectivity index (χ4n) is 2.41. The summed E-state index contributed by atoms with van der Waals surface area (Å²) in [5, 5.41) is 0.339. The molecule has 3 heteroatoms. The Labute approximate surface area is 118 Å². The van der Waals surface area contributed by atoms with Crippen molar-refractivity contribution in [3.8, 4) is 0 Å². The van der Waals surface area contributed by atoms with Crippen LogP contribution >= 0.6 is 11.6 Å². The van der Waals surface area contributed by atoms with Crippen LogP contribution in [0.25, 0.3) is 5.57 Å². The summed E-state index contributed by atoms with van der Waals surface area (Å²) in [5.41, 5.74) is 3.21. The van der Waals surface area contributed by atoms with Crippen LogP contribution in [-0.4, -0.2) is 9.97 Å². The molecule has 1 heterocycles. The molecule has 0 saturated heterocycles. The molecule has 2 aliphatic rings. The Morgan fingerprint density at radius 2 is 2.05 bits per heavy atom. The number of hydrogen-bond donors (Lipinski definition) is 0. The van der Waals surface area contributed by atoms with E-state index in [0.717, 1.165) is 30.7 Å². The Hall–Kier alpha value is -1.67. The molecule has 0 aliphatic heterocycles. The van der Waals surface area contributed by atoms with Gasteiger partial charge < -0.3 is 0 Å². The summed E-state index contributed by atoms with van der Waals surface area (Å²) in [5.74, 6) is 0.309. The zero-order chi connectivity index (χ0) is 13.1. The molecule has 0 bridgehead atoms. The number of aromatic nitrogens is 2. The summed E-state index contributed by atoms with van der Waals surface area (Å²) < 4.78 is 0. The summed E-state index contributed by atoms with van der Waals surface area (Å²) >= 11 is 6.08. The minimum absolute atomic E-state index is 0.309. The van der Waals surface area contributed by atoms with E-state index in [1.165, 1.54) is 5.57 Å². The summed E-state index contributed by atoms with van der Waals surface area (Å²) in [6, 6.07) is 2.07. The molecule has 2 aliphatic carbocycles. The minimum Gasteiger partial charge on any atom is -0.222 e. The normalized spacial score (nSPS) is 21.5. The van der Waals surface area contributed by atoms with Gasteiger partial charge in [0.1, 0.15) is 0 Å². The molecule has 0 saturated carbocycles. The highest BCUT2D eigenvalue weighted by Gasteiger charge is 2.14. The van der Waals surface area contributed by atoms with Gasteiger partial charge in [0, 0.05) is 5.92 Å². The van der Waals surface area contributed by atoms with Crippen molar-refractivity contribution < 1.29 is 0 Å². The van der Waals surface area contributed by atoms with Crippen LogP contribution < -0.4 is 0 Å². The van der Waals surface area contributed by atoms with E-state index >= 15 is 0 Å². The third-order valence-electron chi connectivity index (χ3n) is 3.42. The number of allylic oxidation sites excluding steroid dienone is 8. The lowest BCUT2D eigenvalue weighted by Gasteiger charge is -2.15. The van der Waals surface area contributed by atoms with Gasteiger partial charge in [-0.15, -0.1) is 0 Å². The predicted molar refractivity (Wildman–Crippen MR) is 79.0 cm³/mol. The van der Waals surface area contributed by atoms with Gasteiger partial charge in [-0.25, -0.2) is 9.97 Å². The van der Waals surface area contributed by atoms with Crippen molar-refractivity contribution in [2.45, 2.75) is 25.2 Å². The fourth-order valence-corrected chi connectivity index (χ4v) is 2.59. The van der Waals surface area contributed by atoms with Crippen LogP contribution in [0.2, 0.25) is 5.28 Å². The summed E-state index contributed by atoms with van der Waals surface area (Å²) in [4.78, 5) is 8.74. The van der Waals surface area contributed by atoms with E-state index in [2.05, 4.69) is 58.6 Å². The summed E-state index contributed by atoms with van der Waals surface area (Å²) in [7, 11) is 0. The zero-order valence-electron chi connectivity index (χ0n) is 10.6. The van der Waals surface area contributed by atoms with Crippen molar-refractivity contribution in [3.05, 3.63) is 65.3 Å². The quantitative estimate of drug-likeness (QED) is 0.742. The molecular weight excluding hydrogens is 256 g/mol. The number of nitrogens with zero attached hydrogens (tertiary/aromatic N) is 2. The Morgan fingerprint density at radius 1 is 1.11 bits per heavy atom. The molecule has 3 rings (SSSR count). The van der Waals surface area contributed by atoms with Crippen LogP contribution in [0.5, 0.6) is 0 Å². The van der Waals surface area contributed by atoms with Gasteiger partial charge in [0.15, 0.2) is 0 Å². The van der Waals surface area contributed by atoms with E-state index in [1.54, 1.807) is 0 Å². The maximum absolute atomic E-state index is 6.08. The highest BCUT2D eigenvalue weighted by Crippen LogP contribution is 2.28. The van der Waals surface area contributed by atoms with Crippen molar-refractivity contribution in [1.29, 1.82) is 0 Å². The van der Waals surface area contributed by atoms with Crippen LogP contribution in [0.3, 0.4) is 0 Å². The molecule has 1 aromatic rings. The molecule has 0 radical (unpaired) electrons. The van der Waals surface area contributed by atoms with Crippen molar-refractivity contribution in [1.82, 2.24) is 9.97 Å². The summed E-state index contributed by atoms with van der Waals surface area (Å²) in [6.07, 6.45) is 17.9. The minimum atomic E-state index is 0.309. The second kappa shape index (κ2) is 5.54. The first-order valence-electron chi connectivity index (χ1n) is 6.57. The topological polar surface area (TPSA) is 25.8 Å². The Bertz CT molecular complexity index is 597. The van der Waals surface area contributed by atoms with Gasteiger partial charge in [0.25, 0.3) is 0 Å². The second-order valence-corrected chi connectivity index (χ2v) is 5.10. The van der Waals surface area contributed by atoms with Crippen LogP contribution in [0.1, 0.15) is 36.6 Å². The monoisotopic (exact) mass is 270 g/mol. The molecule has 0 fully saturated rings. The van der Waals surface area contributed by atoms with Gasteiger partial charge in [0.2, 0.25) is 5.28 Å². The molecule has 2 nitrogen and oxygen atoms in total. The van der Waals surface area contributed by atoms with Crippen LogP contribution in [0.4, 0.5) is 0 Å². The third-order valence-corrected chi connectivity index (χ3v) is 3.59. The van der Waals surface area contributed by atoms with Crippen molar-refractivity contribution >= 4 is 17.2 Å². The first-order chi connectivity index (χ1) is 9.33. The Morgan fingerprint density at radius 3 is 2.79 bits per heavy atom. The van der Waals surface area contributed by atoms with Gasteiger partial charge in [-0.2, -0.15) is 0 Å². The van der Waals surface area contributed by atoms with Crippen molar-refractivity contribution in [2.75, 3.05) is 0 Å². The lowest BCUT2D eigenvalue weighted by molar-refractivity contribution is 0.805. The molecule has 96 valence electrons. The highest BCUT2D eigenvalue weighted by molar-refractivity contribution is 6.28. The Balaban J connectivity index is 1.96. The largest absolute Gasteiger partial charge is 0.223 e. The maximum Gasteiger partial charge on any atom is 0.223 e. The molecule has 1 unspecified atom stereocenters. The van der Waals surface area contributed by atoms with Gasteiger partial charge >= 0.3 is 0 Å². The highest BCUT2D eigenvalue weighted by atomic mass is 35.5. The summed E-state index contributed by atoms with van der Waals surface area (Å²) in [6.45, 7) is 0. The average molecular weight is 271 g/mol. The van der Waals surface area contributed by atoms with E-state index < -0.39 is 0 Å². The van der Waals surface area contributed by atoms with E-state index in [9.17, 15) is 0 Å². The molecule has 19 heavy (non-hydrogen) atoms. The van der Waals surface area contributed by atoms with Crippen molar-refractivity contribution in [2.24, 2.45) is 0 Å². The standard InChI is InChI=1S/C16H15ClN2/c17-16-18-14(12-7-3-1-4-8-12)11-15(19-16)13-9-5-2-6-10-13/h1-5,7,9,11-12H,6,8,10H2. The van der Waals surface area contributed by atoms with Gasteiger partial charge in [-0.1, -0.05) is 42.5 Å². The Kier molecular flexibility index (Phi) is 3.60. The number of hydrogen-bond acceptors (Lipinski definition) is 2. The average Bonchev–Trinajstić information content (AvgIpc) is 2.48. The van der Waals surface area contributed by atoms with E-state index in [4.69, 9.17) is 11.6 Å².